The highest BCUT2D eigenvalue weighted by atomic mass is 79.9. The number of halogens is 2. The van der Waals surface area contributed by atoms with Crippen LogP contribution in [0.25, 0.3) is 0 Å². The van der Waals surface area contributed by atoms with Crippen LogP contribution in [0, 0.1) is 5.41 Å². The third kappa shape index (κ3) is 3.30. The van der Waals surface area contributed by atoms with Crippen molar-refractivity contribution in [2.45, 2.75) is 63.9 Å². The van der Waals surface area contributed by atoms with Crippen molar-refractivity contribution in [3.63, 3.8) is 0 Å². The number of hydrogen-bond donors (Lipinski definition) is 0. The van der Waals surface area contributed by atoms with Gasteiger partial charge in [-0.25, -0.2) is 4.98 Å². The van der Waals surface area contributed by atoms with Crippen LogP contribution < -0.4 is 4.74 Å². The molecule has 1 aromatic heterocycles. The Balaban J connectivity index is 1.59. The molecule has 2 saturated carbocycles. The lowest BCUT2D eigenvalue weighted by Gasteiger charge is -2.42. The highest BCUT2D eigenvalue weighted by Gasteiger charge is 2.36. The molecule has 0 unspecified atom stereocenters. The lowest BCUT2D eigenvalue weighted by atomic mass is 9.65. The smallest absolute Gasteiger partial charge is 0.138 e. The summed E-state index contributed by atoms with van der Waals surface area (Å²) in [6.45, 7) is 0. The topological polar surface area (TPSA) is 22.1 Å². The molecule has 110 valence electrons. The second-order valence-corrected chi connectivity index (χ2v) is 7.56. The summed E-state index contributed by atoms with van der Waals surface area (Å²) in [5.41, 5.74) is 0.644. The zero-order valence-corrected chi connectivity index (χ0v) is 14.0. The number of ether oxygens (including phenoxy) is 1. The molecule has 0 amide bonds. The Bertz CT molecular complexity index is 464. The summed E-state index contributed by atoms with van der Waals surface area (Å²) in [4.78, 5) is 4.04. The predicted octanol–water partition coefficient (Wildman–Crippen LogP) is 5.77. The van der Waals surface area contributed by atoms with E-state index in [1.807, 2.05) is 0 Å². The molecule has 1 spiro atoms. The highest BCUT2D eigenvalue weighted by Crippen LogP contribution is 2.48. The Labute approximate surface area is 134 Å². The van der Waals surface area contributed by atoms with Gasteiger partial charge in [0.15, 0.2) is 0 Å². The summed E-state index contributed by atoms with van der Waals surface area (Å²) in [5.74, 6) is 0.828. The first-order valence-corrected chi connectivity index (χ1v) is 8.82. The van der Waals surface area contributed by atoms with Gasteiger partial charge in [0.2, 0.25) is 0 Å². The van der Waals surface area contributed by atoms with E-state index in [1.165, 1.54) is 57.8 Å². The van der Waals surface area contributed by atoms with Crippen LogP contribution in [0.4, 0.5) is 0 Å². The Morgan fingerprint density at radius 1 is 1.15 bits per heavy atom. The van der Waals surface area contributed by atoms with Crippen LogP contribution in [0.15, 0.2) is 16.7 Å². The van der Waals surface area contributed by atoms with Gasteiger partial charge in [0.05, 0.1) is 10.6 Å². The van der Waals surface area contributed by atoms with Crippen molar-refractivity contribution in [3.8, 4) is 5.75 Å². The molecule has 1 aromatic rings. The molecule has 2 aliphatic carbocycles. The van der Waals surface area contributed by atoms with E-state index in [0.29, 0.717) is 16.7 Å². The molecule has 3 rings (SSSR count). The average molecular weight is 359 g/mol. The molecule has 2 fully saturated rings. The lowest BCUT2D eigenvalue weighted by molar-refractivity contribution is 0.0519. The minimum Gasteiger partial charge on any atom is -0.489 e. The van der Waals surface area contributed by atoms with E-state index in [0.717, 1.165) is 10.2 Å². The number of aromatic nitrogens is 1. The van der Waals surface area contributed by atoms with Crippen LogP contribution in [0.1, 0.15) is 57.8 Å². The standard InChI is InChI=1S/C16H21BrClNO/c17-13-11-19-15(18)10-14(13)20-12-4-8-16(9-5-12)6-2-1-3-7-16/h10-12H,1-9H2. The van der Waals surface area contributed by atoms with Gasteiger partial charge in [-0.3, -0.25) is 0 Å². The van der Waals surface area contributed by atoms with Gasteiger partial charge in [-0.1, -0.05) is 30.9 Å². The summed E-state index contributed by atoms with van der Waals surface area (Å²) in [7, 11) is 0. The van der Waals surface area contributed by atoms with E-state index in [9.17, 15) is 0 Å². The monoisotopic (exact) mass is 357 g/mol. The molecule has 0 bridgehead atoms. The van der Waals surface area contributed by atoms with Crippen molar-refractivity contribution >= 4 is 27.5 Å². The molecule has 2 aliphatic rings. The van der Waals surface area contributed by atoms with Crippen LogP contribution in [0.3, 0.4) is 0 Å². The van der Waals surface area contributed by atoms with Crippen molar-refractivity contribution in [2.24, 2.45) is 5.41 Å². The SMILES string of the molecule is Clc1cc(OC2CCC3(CCCCC3)CC2)c(Br)cn1. The first-order chi connectivity index (χ1) is 9.67. The first kappa shape index (κ1) is 14.6. The molecular formula is C16H21BrClNO. The summed E-state index contributed by atoms with van der Waals surface area (Å²) >= 11 is 9.42. The van der Waals surface area contributed by atoms with E-state index in [2.05, 4.69) is 20.9 Å². The normalized spacial score (nSPS) is 22.9. The van der Waals surface area contributed by atoms with E-state index in [4.69, 9.17) is 16.3 Å². The van der Waals surface area contributed by atoms with Crippen LogP contribution in [-0.2, 0) is 0 Å². The van der Waals surface area contributed by atoms with Gasteiger partial charge >= 0.3 is 0 Å². The van der Waals surface area contributed by atoms with Crippen molar-refractivity contribution in [3.05, 3.63) is 21.9 Å². The van der Waals surface area contributed by atoms with Gasteiger partial charge < -0.3 is 4.74 Å². The fourth-order valence-corrected chi connectivity index (χ4v) is 4.25. The van der Waals surface area contributed by atoms with E-state index < -0.39 is 0 Å². The molecule has 0 aromatic carbocycles. The van der Waals surface area contributed by atoms with Crippen molar-refractivity contribution in [1.29, 1.82) is 0 Å². The maximum Gasteiger partial charge on any atom is 0.138 e. The minimum atomic E-state index is 0.331. The van der Waals surface area contributed by atoms with Gasteiger partial charge in [-0.2, -0.15) is 0 Å². The molecule has 4 heteroatoms. The molecule has 0 saturated heterocycles. The summed E-state index contributed by atoms with van der Waals surface area (Å²) in [5, 5.41) is 0.489. The maximum absolute atomic E-state index is 6.13. The van der Waals surface area contributed by atoms with E-state index >= 15 is 0 Å². The van der Waals surface area contributed by atoms with Gasteiger partial charge in [0, 0.05) is 12.3 Å². The molecule has 0 radical (unpaired) electrons. The highest BCUT2D eigenvalue weighted by molar-refractivity contribution is 9.10. The van der Waals surface area contributed by atoms with Crippen molar-refractivity contribution < 1.29 is 4.74 Å². The number of rotatable bonds is 2. The molecule has 0 N–H and O–H groups in total. The second kappa shape index (κ2) is 6.23. The van der Waals surface area contributed by atoms with Crippen molar-refractivity contribution in [2.75, 3.05) is 0 Å². The Morgan fingerprint density at radius 2 is 1.85 bits per heavy atom. The van der Waals surface area contributed by atoms with Gasteiger partial charge in [0.25, 0.3) is 0 Å². The zero-order valence-electron chi connectivity index (χ0n) is 11.7. The van der Waals surface area contributed by atoms with Crippen LogP contribution >= 0.6 is 27.5 Å². The summed E-state index contributed by atoms with van der Waals surface area (Å²) < 4.78 is 7.02. The lowest BCUT2D eigenvalue weighted by Crippen LogP contribution is -2.33. The van der Waals surface area contributed by atoms with Crippen molar-refractivity contribution in [1.82, 2.24) is 4.98 Å². The van der Waals surface area contributed by atoms with Gasteiger partial charge in [-0.05, 0) is 59.9 Å². The molecule has 0 atom stereocenters. The second-order valence-electron chi connectivity index (χ2n) is 6.32. The fourth-order valence-electron chi connectivity index (χ4n) is 3.79. The quantitative estimate of drug-likeness (QED) is 0.626. The summed E-state index contributed by atoms with van der Waals surface area (Å²) in [6.07, 6.45) is 14.2. The largest absolute Gasteiger partial charge is 0.489 e. The molecular weight excluding hydrogens is 338 g/mol. The van der Waals surface area contributed by atoms with E-state index in [1.54, 1.807) is 12.3 Å². The molecule has 0 aliphatic heterocycles. The predicted molar refractivity (Wildman–Crippen MR) is 85.3 cm³/mol. The van der Waals surface area contributed by atoms with Crippen LogP contribution in [-0.4, -0.2) is 11.1 Å². The Hall–Kier alpha value is -0.280. The van der Waals surface area contributed by atoms with Crippen LogP contribution in [0.2, 0.25) is 5.15 Å². The zero-order chi connectivity index (χ0) is 14.0. The molecule has 20 heavy (non-hydrogen) atoms. The Kier molecular flexibility index (Phi) is 4.56. The summed E-state index contributed by atoms with van der Waals surface area (Å²) in [6, 6.07) is 1.80. The number of pyridine rings is 1. The number of hydrogen-bond acceptors (Lipinski definition) is 2. The fraction of sp³-hybridized carbons (Fsp3) is 0.688. The van der Waals surface area contributed by atoms with E-state index in [-0.39, 0.29) is 0 Å². The molecule has 1 heterocycles. The van der Waals surface area contributed by atoms with Crippen LogP contribution in [0.5, 0.6) is 5.75 Å². The minimum absolute atomic E-state index is 0.331. The average Bonchev–Trinajstić information content (AvgIpc) is 2.47. The van der Waals surface area contributed by atoms with Gasteiger partial charge in [-0.15, -0.1) is 0 Å². The third-order valence-corrected chi connectivity index (χ3v) is 5.79. The first-order valence-electron chi connectivity index (χ1n) is 7.65. The number of nitrogens with zero attached hydrogens (tertiary/aromatic N) is 1. The Morgan fingerprint density at radius 3 is 2.55 bits per heavy atom. The third-order valence-electron chi connectivity index (χ3n) is 4.99. The molecule has 2 nitrogen and oxygen atoms in total. The maximum atomic E-state index is 6.13. The van der Waals surface area contributed by atoms with Gasteiger partial charge in [0.1, 0.15) is 10.9 Å².